The number of hydrogen-bond acceptors (Lipinski definition) is 4. The fourth-order valence-corrected chi connectivity index (χ4v) is 2.53. The zero-order chi connectivity index (χ0) is 12.9. The molecule has 1 aromatic heterocycles. The van der Waals surface area contributed by atoms with Gasteiger partial charge in [-0.25, -0.2) is 9.97 Å². The molecule has 1 aromatic rings. The molecule has 96 valence electrons. The summed E-state index contributed by atoms with van der Waals surface area (Å²) < 4.78 is 0.181. The quantitative estimate of drug-likeness (QED) is 0.640. The molecule has 0 saturated carbocycles. The van der Waals surface area contributed by atoms with E-state index in [0.717, 1.165) is 30.2 Å². The van der Waals surface area contributed by atoms with Gasteiger partial charge in [-0.1, -0.05) is 34.6 Å². The second-order valence-electron chi connectivity index (χ2n) is 5.00. The Morgan fingerprint density at radius 3 is 2.47 bits per heavy atom. The van der Waals surface area contributed by atoms with Crippen molar-refractivity contribution >= 4 is 17.6 Å². The van der Waals surface area contributed by atoms with Gasteiger partial charge in [-0.3, -0.25) is 0 Å². The maximum atomic E-state index is 4.42. The van der Waals surface area contributed by atoms with E-state index in [1.54, 1.807) is 6.33 Å². The van der Waals surface area contributed by atoms with Crippen molar-refractivity contribution in [2.24, 2.45) is 0 Å². The van der Waals surface area contributed by atoms with E-state index < -0.39 is 0 Å². The van der Waals surface area contributed by atoms with Crippen molar-refractivity contribution in [2.45, 2.75) is 57.2 Å². The van der Waals surface area contributed by atoms with Gasteiger partial charge in [-0.15, -0.1) is 11.8 Å². The standard InChI is InChI=1S/C13H23N3S/c1-6-8-14-11-10(7-2)12(16-9-15-11)17-13(3,4)5/h9H,6-8H2,1-5H3,(H,14,15,16). The SMILES string of the molecule is CCCNc1ncnc(SC(C)(C)C)c1CC. The average molecular weight is 253 g/mol. The van der Waals surface area contributed by atoms with E-state index in [1.165, 1.54) is 5.56 Å². The Bertz CT molecular complexity index is 358. The van der Waals surface area contributed by atoms with E-state index in [2.05, 4.69) is 49.9 Å². The van der Waals surface area contributed by atoms with Gasteiger partial charge in [-0.2, -0.15) is 0 Å². The predicted molar refractivity (Wildman–Crippen MR) is 75.8 cm³/mol. The molecule has 0 amide bonds. The van der Waals surface area contributed by atoms with Crippen LogP contribution < -0.4 is 5.32 Å². The Morgan fingerprint density at radius 1 is 1.24 bits per heavy atom. The lowest BCUT2D eigenvalue weighted by atomic mass is 10.2. The Balaban J connectivity index is 2.97. The molecule has 3 nitrogen and oxygen atoms in total. The van der Waals surface area contributed by atoms with E-state index in [-0.39, 0.29) is 4.75 Å². The lowest BCUT2D eigenvalue weighted by molar-refractivity contribution is 0.794. The van der Waals surface area contributed by atoms with E-state index in [9.17, 15) is 0 Å². The Morgan fingerprint density at radius 2 is 1.94 bits per heavy atom. The summed E-state index contributed by atoms with van der Waals surface area (Å²) in [5.74, 6) is 0.996. The highest BCUT2D eigenvalue weighted by molar-refractivity contribution is 8.00. The molecule has 0 atom stereocenters. The highest BCUT2D eigenvalue weighted by atomic mass is 32.2. The molecular formula is C13H23N3S. The van der Waals surface area contributed by atoms with Gasteiger partial charge in [0.15, 0.2) is 0 Å². The van der Waals surface area contributed by atoms with Crippen LogP contribution >= 0.6 is 11.8 Å². The van der Waals surface area contributed by atoms with Gasteiger partial charge in [0.2, 0.25) is 0 Å². The van der Waals surface area contributed by atoms with Gasteiger partial charge in [0, 0.05) is 16.9 Å². The number of nitrogens with one attached hydrogen (secondary N) is 1. The Hall–Kier alpha value is -0.770. The van der Waals surface area contributed by atoms with Crippen LogP contribution in [0.25, 0.3) is 0 Å². The number of aromatic nitrogens is 2. The normalized spacial score (nSPS) is 11.6. The first-order valence-electron chi connectivity index (χ1n) is 6.24. The van der Waals surface area contributed by atoms with Crippen molar-refractivity contribution in [3.8, 4) is 0 Å². The van der Waals surface area contributed by atoms with Crippen molar-refractivity contribution in [3.05, 3.63) is 11.9 Å². The zero-order valence-electron chi connectivity index (χ0n) is 11.5. The van der Waals surface area contributed by atoms with Gasteiger partial charge in [0.25, 0.3) is 0 Å². The van der Waals surface area contributed by atoms with E-state index in [1.807, 2.05) is 11.8 Å². The lowest BCUT2D eigenvalue weighted by Gasteiger charge is -2.20. The summed E-state index contributed by atoms with van der Waals surface area (Å²) >= 11 is 1.81. The van der Waals surface area contributed by atoms with E-state index >= 15 is 0 Å². The number of rotatable bonds is 5. The van der Waals surface area contributed by atoms with Crippen molar-refractivity contribution in [3.63, 3.8) is 0 Å². The van der Waals surface area contributed by atoms with Gasteiger partial charge in [0.05, 0.1) is 0 Å². The molecule has 17 heavy (non-hydrogen) atoms. The van der Waals surface area contributed by atoms with Gasteiger partial charge >= 0.3 is 0 Å². The second kappa shape index (κ2) is 6.24. The summed E-state index contributed by atoms with van der Waals surface area (Å²) in [6.45, 7) is 11.9. The molecule has 4 heteroatoms. The van der Waals surface area contributed by atoms with E-state index in [0.29, 0.717) is 0 Å². The van der Waals surface area contributed by atoms with Crippen LogP contribution in [0.4, 0.5) is 5.82 Å². The molecule has 0 aliphatic heterocycles. The summed E-state index contributed by atoms with van der Waals surface area (Å²) in [5, 5.41) is 4.48. The smallest absolute Gasteiger partial charge is 0.133 e. The predicted octanol–water partition coefficient (Wildman–Crippen LogP) is 3.75. The van der Waals surface area contributed by atoms with Crippen LogP contribution in [0.5, 0.6) is 0 Å². The topological polar surface area (TPSA) is 37.8 Å². The maximum absolute atomic E-state index is 4.42. The van der Waals surface area contributed by atoms with Crippen LogP contribution in [0.1, 0.15) is 46.6 Å². The molecule has 0 aliphatic rings. The monoisotopic (exact) mass is 253 g/mol. The van der Waals surface area contributed by atoms with Gasteiger partial charge < -0.3 is 5.32 Å². The molecule has 0 radical (unpaired) electrons. The summed E-state index contributed by atoms with van der Waals surface area (Å²) in [6.07, 6.45) is 3.73. The first-order valence-corrected chi connectivity index (χ1v) is 7.06. The van der Waals surface area contributed by atoms with Crippen LogP contribution in [-0.2, 0) is 6.42 Å². The minimum Gasteiger partial charge on any atom is -0.370 e. The van der Waals surface area contributed by atoms with Crippen molar-refractivity contribution in [1.82, 2.24) is 9.97 Å². The minimum atomic E-state index is 0.181. The molecule has 0 fully saturated rings. The fourth-order valence-electron chi connectivity index (χ4n) is 1.49. The maximum Gasteiger partial charge on any atom is 0.133 e. The van der Waals surface area contributed by atoms with Gasteiger partial charge in [-0.05, 0) is 12.8 Å². The molecule has 0 aromatic carbocycles. The highest BCUT2D eigenvalue weighted by Crippen LogP contribution is 2.34. The minimum absolute atomic E-state index is 0.181. The molecular weight excluding hydrogens is 230 g/mol. The molecule has 1 heterocycles. The van der Waals surface area contributed by atoms with Crippen molar-refractivity contribution in [2.75, 3.05) is 11.9 Å². The summed E-state index contributed by atoms with van der Waals surface area (Å²) in [7, 11) is 0. The Labute approximate surface area is 109 Å². The number of nitrogens with zero attached hydrogens (tertiary/aromatic N) is 2. The third-order valence-corrected chi connectivity index (χ3v) is 3.36. The molecule has 0 bridgehead atoms. The molecule has 0 saturated heterocycles. The van der Waals surface area contributed by atoms with Crippen LogP contribution in [0, 0.1) is 0 Å². The fraction of sp³-hybridized carbons (Fsp3) is 0.692. The lowest BCUT2D eigenvalue weighted by Crippen LogP contribution is -2.11. The summed E-state index contributed by atoms with van der Waals surface area (Å²) in [6, 6.07) is 0. The average Bonchev–Trinajstić information content (AvgIpc) is 2.24. The first kappa shape index (κ1) is 14.3. The van der Waals surface area contributed by atoms with E-state index in [4.69, 9.17) is 0 Å². The molecule has 1 rings (SSSR count). The molecule has 0 spiro atoms. The Kier molecular flexibility index (Phi) is 5.25. The second-order valence-corrected chi connectivity index (χ2v) is 6.82. The van der Waals surface area contributed by atoms with Crippen LogP contribution in [0.2, 0.25) is 0 Å². The van der Waals surface area contributed by atoms with Crippen molar-refractivity contribution in [1.29, 1.82) is 0 Å². The van der Waals surface area contributed by atoms with Crippen LogP contribution in [0.15, 0.2) is 11.4 Å². The van der Waals surface area contributed by atoms with Crippen molar-refractivity contribution < 1.29 is 0 Å². The molecule has 0 aliphatic carbocycles. The summed E-state index contributed by atoms with van der Waals surface area (Å²) in [5.41, 5.74) is 1.24. The third-order valence-electron chi connectivity index (χ3n) is 2.20. The largest absolute Gasteiger partial charge is 0.370 e. The molecule has 0 unspecified atom stereocenters. The van der Waals surface area contributed by atoms with Gasteiger partial charge in [0.1, 0.15) is 17.2 Å². The number of thioether (sulfide) groups is 1. The third kappa shape index (κ3) is 4.54. The highest BCUT2D eigenvalue weighted by Gasteiger charge is 2.17. The number of anilines is 1. The molecule has 1 N–H and O–H groups in total. The first-order chi connectivity index (χ1) is 7.98. The van der Waals surface area contributed by atoms with Crippen LogP contribution in [-0.4, -0.2) is 21.3 Å². The van der Waals surface area contributed by atoms with Crippen LogP contribution in [0.3, 0.4) is 0 Å². The zero-order valence-corrected chi connectivity index (χ0v) is 12.3. The number of hydrogen-bond donors (Lipinski definition) is 1. The summed E-state index contributed by atoms with van der Waals surface area (Å²) in [4.78, 5) is 8.76.